The Bertz CT molecular complexity index is 350. The van der Waals surface area contributed by atoms with Crippen molar-refractivity contribution < 1.29 is 0 Å². The second-order valence-corrected chi connectivity index (χ2v) is 3.80. The van der Waals surface area contributed by atoms with Crippen molar-refractivity contribution in [1.82, 2.24) is 9.55 Å². The number of aromatic nitrogens is 2. The average Bonchev–Trinajstić information content (AvgIpc) is 2.28. The number of aromatic amines is 1. The Hall–Kier alpha value is -0.610. The molecular formula is C8H13N3S. The molecule has 0 amide bonds. The summed E-state index contributed by atoms with van der Waals surface area (Å²) in [5.74, 6) is 0. The lowest BCUT2D eigenvalue weighted by Gasteiger charge is -2.18. The second-order valence-electron chi connectivity index (χ2n) is 3.42. The van der Waals surface area contributed by atoms with Crippen LogP contribution in [-0.2, 0) is 19.9 Å². The van der Waals surface area contributed by atoms with Gasteiger partial charge in [0.1, 0.15) is 0 Å². The molecule has 4 heteroatoms. The van der Waals surface area contributed by atoms with Gasteiger partial charge < -0.3 is 15.3 Å². The molecule has 1 heterocycles. The van der Waals surface area contributed by atoms with Gasteiger partial charge in [-0.3, -0.25) is 0 Å². The predicted molar refractivity (Wildman–Crippen MR) is 50.6 cm³/mol. The van der Waals surface area contributed by atoms with Gasteiger partial charge >= 0.3 is 0 Å². The minimum Gasteiger partial charge on any atom is -0.334 e. The van der Waals surface area contributed by atoms with Crippen LogP contribution in [0.2, 0.25) is 0 Å². The summed E-state index contributed by atoms with van der Waals surface area (Å²) in [6, 6.07) is 0.311. The summed E-state index contributed by atoms with van der Waals surface area (Å²) in [6.07, 6.45) is 3.08. The van der Waals surface area contributed by atoms with E-state index in [1.165, 1.54) is 11.4 Å². The van der Waals surface area contributed by atoms with E-state index in [9.17, 15) is 0 Å². The van der Waals surface area contributed by atoms with Gasteiger partial charge in [-0.1, -0.05) is 0 Å². The lowest BCUT2D eigenvalue weighted by molar-refractivity contribution is 0.554. The number of fused-ring (bicyclic) bond motifs is 1. The summed E-state index contributed by atoms with van der Waals surface area (Å²) < 4.78 is 2.87. The van der Waals surface area contributed by atoms with E-state index in [0.717, 1.165) is 24.0 Å². The molecule has 1 unspecified atom stereocenters. The maximum Gasteiger partial charge on any atom is 0.177 e. The summed E-state index contributed by atoms with van der Waals surface area (Å²) >= 11 is 5.13. The van der Waals surface area contributed by atoms with Crippen LogP contribution in [0.15, 0.2) is 0 Å². The molecule has 1 aliphatic rings. The fourth-order valence-corrected chi connectivity index (χ4v) is 2.02. The van der Waals surface area contributed by atoms with E-state index in [-0.39, 0.29) is 0 Å². The van der Waals surface area contributed by atoms with Gasteiger partial charge in [0.25, 0.3) is 0 Å². The molecule has 0 bridgehead atoms. The zero-order valence-corrected chi connectivity index (χ0v) is 7.95. The van der Waals surface area contributed by atoms with E-state index in [2.05, 4.69) is 9.55 Å². The third-order valence-electron chi connectivity index (χ3n) is 2.53. The van der Waals surface area contributed by atoms with Crippen LogP contribution >= 0.6 is 12.2 Å². The molecule has 0 aromatic carbocycles. The van der Waals surface area contributed by atoms with Crippen LogP contribution < -0.4 is 5.73 Å². The van der Waals surface area contributed by atoms with E-state index >= 15 is 0 Å². The molecule has 3 N–H and O–H groups in total. The van der Waals surface area contributed by atoms with Crippen LogP contribution in [0.1, 0.15) is 17.8 Å². The fourth-order valence-electron chi connectivity index (χ4n) is 1.78. The number of nitrogens with one attached hydrogen (secondary N) is 1. The standard InChI is InChI=1S/C8H13N3S/c1-11-7-3-2-5(9)4-6(7)10-8(11)12/h5H,2-4,9H2,1H3,(H,10,12). The zero-order valence-electron chi connectivity index (χ0n) is 7.13. The molecule has 0 aliphatic heterocycles. The summed E-state index contributed by atoms with van der Waals surface area (Å²) in [5, 5.41) is 0. The van der Waals surface area contributed by atoms with E-state index in [1.807, 2.05) is 7.05 Å². The topological polar surface area (TPSA) is 46.7 Å². The number of imidazole rings is 1. The molecule has 2 rings (SSSR count). The zero-order chi connectivity index (χ0) is 8.72. The predicted octanol–water partition coefficient (Wildman–Crippen LogP) is 0.899. The Morgan fingerprint density at radius 1 is 1.67 bits per heavy atom. The Balaban J connectivity index is 2.50. The Kier molecular flexibility index (Phi) is 1.81. The molecule has 1 aromatic heterocycles. The highest BCUT2D eigenvalue weighted by Crippen LogP contribution is 2.18. The van der Waals surface area contributed by atoms with Gasteiger partial charge in [0.2, 0.25) is 0 Å². The monoisotopic (exact) mass is 183 g/mol. The summed E-state index contributed by atoms with van der Waals surface area (Å²) in [7, 11) is 2.01. The fraction of sp³-hybridized carbons (Fsp3) is 0.625. The number of nitrogens with two attached hydrogens (primary N) is 1. The second kappa shape index (κ2) is 2.71. The quantitative estimate of drug-likeness (QED) is 0.587. The van der Waals surface area contributed by atoms with Crippen LogP contribution in [0.4, 0.5) is 0 Å². The van der Waals surface area contributed by atoms with E-state index in [4.69, 9.17) is 18.0 Å². The first-order chi connectivity index (χ1) is 5.68. The average molecular weight is 183 g/mol. The lowest BCUT2D eigenvalue weighted by Crippen LogP contribution is -2.28. The normalized spacial score (nSPS) is 22.3. The van der Waals surface area contributed by atoms with Crippen molar-refractivity contribution in [2.24, 2.45) is 12.8 Å². The number of rotatable bonds is 0. The SMILES string of the molecule is Cn1c2c([nH]c1=S)CC(N)CC2. The third-order valence-corrected chi connectivity index (χ3v) is 2.91. The number of hydrogen-bond acceptors (Lipinski definition) is 2. The van der Waals surface area contributed by atoms with Crippen LogP contribution in [-0.4, -0.2) is 15.6 Å². The van der Waals surface area contributed by atoms with Crippen LogP contribution in [0.5, 0.6) is 0 Å². The molecule has 0 radical (unpaired) electrons. The van der Waals surface area contributed by atoms with E-state index in [1.54, 1.807) is 0 Å². The molecule has 1 atom stereocenters. The van der Waals surface area contributed by atoms with Crippen molar-refractivity contribution in [3.8, 4) is 0 Å². The van der Waals surface area contributed by atoms with Crippen LogP contribution in [0.25, 0.3) is 0 Å². The summed E-state index contributed by atoms with van der Waals surface area (Å²) in [4.78, 5) is 3.19. The molecule has 1 aromatic rings. The molecule has 1 aliphatic carbocycles. The largest absolute Gasteiger partial charge is 0.334 e. The first-order valence-corrected chi connectivity index (χ1v) is 4.61. The maximum atomic E-state index is 5.85. The highest BCUT2D eigenvalue weighted by atomic mass is 32.1. The minimum atomic E-state index is 0.311. The Morgan fingerprint density at radius 3 is 3.17 bits per heavy atom. The van der Waals surface area contributed by atoms with Crippen molar-refractivity contribution in [3.63, 3.8) is 0 Å². The van der Waals surface area contributed by atoms with Crippen molar-refractivity contribution in [1.29, 1.82) is 0 Å². The molecule has 66 valence electrons. The summed E-state index contributed by atoms with van der Waals surface area (Å²) in [6.45, 7) is 0. The first-order valence-electron chi connectivity index (χ1n) is 4.21. The van der Waals surface area contributed by atoms with Crippen molar-refractivity contribution in [2.75, 3.05) is 0 Å². The minimum absolute atomic E-state index is 0.311. The van der Waals surface area contributed by atoms with Crippen LogP contribution in [0.3, 0.4) is 0 Å². The number of hydrogen-bond donors (Lipinski definition) is 2. The summed E-state index contributed by atoms with van der Waals surface area (Å²) in [5.41, 5.74) is 8.42. The Labute approximate surface area is 76.6 Å². The van der Waals surface area contributed by atoms with Gasteiger partial charge in [0.05, 0.1) is 0 Å². The first kappa shape index (κ1) is 8.01. The molecule has 0 saturated heterocycles. The van der Waals surface area contributed by atoms with Crippen LogP contribution in [0, 0.1) is 4.77 Å². The maximum absolute atomic E-state index is 5.85. The van der Waals surface area contributed by atoms with Crippen molar-refractivity contribution in [3.05, 3.63) is 16.2 Å². The Morgan fingerprint density at radius 2 is 2.42 bits per heavy atom. The third kappa shape index (κ3) is 1.11. The molecule has 0 spiro atoms. The molecular weight excluding hydrogens is 170 g/mol. The highest BCUT2D eigenvalue weighted by molar-refractivity contribution is 7.71. The molecule has 3 nitrogen and oxygen atoms in total. The lowest BCUT2D eigenvalue weighted by atomic mass is 9.97. The van der Waals surface area contributed by atoms with Gasteiger partial charge in [-0.05, 0) is 25.1 Å². The van der Waals surface area contributed by atoms with Gasteiger partial charge in [0.15, 0.2) is 4.77 Å². The van der Waals surface area contributed by atoms with Crippen molar-refractivity contribution in [2.45, 2.75) is 25.3 Å². The van der Waals surface area contributed by atoms with E-state index in [0.29, 0.717) is 6.04 Å². The van der Waals surface area contributed by atoms with Crippen molar-refractivity contribution >= 4 is 12.2 Å². The van der Waals surface area contributed by atoms with E-state index < -0.39 is 0 Å². The van der Waals surface area contributed by atoms with Gasteiger partial charge in [-0.25, -0.2) is 0 Å². The van der Waals surface area contributed by atoms with Gasteiger partial charge in [-0.2, -0.15) is 0 Å². The molecule has 12 heavy (non-hydrogen) atoms. The highest BCUT2D eigenvalue weighted by Gasteiger charge is 2.18. The molecule has 0 fully saturated rings. The van der Waals surface area contributed by atoms with Gasteiger partial charge in [0, 0.05) is 30.9 Å². The smallest absolute Gasteiger partial charge is 0.177 e. The van der Waals surface area contributed by atoms with Gasteiger partial charge in [-0.15, -0.1) is 0 Å². The molecule has 0 saturated carbocycles. The number of nitrogens with zero attached hydrogens (tertiary/aromatic N) is 1. The number of H-pyrrole nitrogens is 1.